The molecule has 2 aromatic carbocycles. The number of nitrogens with two attached hydrogens (primary N) is 1. The number of aliphatic hydroxyl groups is 1. The first-order valence-electron chi connectivity index (χ1n) is 18.9. The van der Waals surface area contributed by atoms with Crippen LogP contribution in [0.15, 0.2) is 54.6 Å². The Labute approximate surface area is 314 Å². The van der Waals surface area contributed by atoms with Gasteiger partial charge in [-0.15, -0.1) is 0 Å². The van der Waals surface area contributed by atoms with Crippen molar-refractivity contribution in [2.24, 2.45) is 23.5 Å². The summed E-state index contributed by atoms with van der Waals surface area (Å²) in [6, 6.07) is 13.4. The molecular weight excluding hydrogens is 674 g/mol. The lowest BCUT2D eigenvalue weighted by Gasteiger charge is -2.28. The van der Waals surface area contributed by atoms with Crippen molar-refractivity contribution < 1.29 is 38.4 Å². The van der Waals surface area contributed by atoms with E-state index in [0.717, 1.165) is 54.3 Å². The number of rotatable bonds is 22. The van der Waals surface area contributed by atoms with Gasteiger partial charge >= 0.3 is 0 Å². The first-order chi connectivity index (χ1) is 25.1. The zero-order chi connectivity index (χ0) is 39.1. The van der Waals surface area contributed by atoms with Gasteiger partial charge in [0.15, 0.2) is 11.6 Å². The second-order valence-corrected chi connectivity index (χ2v) is 15.7. The van der Waals surface area contributed by atoms with Gasteiger partial charge in [0.05, 0.1) is 46.4 Å². The number of carbonyl (C=O) groups is 6. The number of amides is 4. The average molecular weight is 735 g/mol. The Morgan fingerprint density at radius 3 is 2.04 bits per heavy atom. The van der Waals surface area contributed by atoms with Crippen molar-refractivity contribution in [3.63, 3.8) is 0 Å². The molecule has 0 heterocycles. The molecule has 0 spiro atoms. The fraction of sp³-hybridized carbons (Fsp3) is 0.561. The summed E-state index contributed by atoms with van der Waals surface area (Å²) in [6.45, 7) is 3.75. The van der Waals surface area contributed by atoms with Crippen LogP contribution in [0.4, 0.5) is 0 Å². The number of aliphatic hydroxyl groups excluding tert-OH is 1. The topological polar surface area (TPSA) is 185 Å². The Hall–Kier alpha value is -4.42. The summed E-state index contributed by atoms with van der Waals surface area (Å²) in [5.41, 5.74) is 7.63. The molecule has 0 aromatic heterocycles. The van der Waals surface area contributed by atoms with Crippen LogP contribution < -0.4 is 21.7 Å². The minimum atomic E-state index is -1.28. The Kier molecular flexibility index (Phi) is 16.8. The summed E-state index contributed by atoms with van der Waals surface area (Å²) in [7, 11) is 6.21. The maximum atomic E-state index is 14.0. The highest BCUT2D eigenvalue weighted by atomic mass is 16.3. The summed E-state index contributed by atoms with van der Waals surface area (Å²) in [6.07, 6.45) is 5.07. The molecule has 4 amide bonds. The van der Waals surface area contributed by atoms with Crippen LogP contribution in [0.2, 0.25) is 0 Å². The van der Waals surface area contributed by atoms with Gasteiger partial charge in [-0.1, -0.05) is 67.8 Å². The molecule has 12 nitrogen and oxygen atoms in total. The number of benzene rings is 2. The highest BCUT2D eigenvalue weighted by Crippen LogP contribution is 2.30. The largest absolute Gasteiger partial charge is 0.394 e. The van der Waals surface area contributed by atoms with Crippen molar-refractivity contribution >= 4 is 35.2 Å². The maximum Gasteiger partial charge on any atom is 0.251 e. The van der Waals surface area contributed by atoms with Crippen molar-refractivity contribution in [2.45, 2.75) is 96.2 Å². The van der Waals surface area contributed by atoms with Crippen molar-refractivity contribution in [1.29, 1.82) is 0 Å². The molecule has 3 rings (SSSR count). The van der Waals surface area contributed by atoms with Crippen LogP contribution >= 0.6 is 0 Å². The molecule has 12 heteroatoms. The summed E-state index contributed by atoms with van der Waals surface area (Å²) in [5.74, 6) is -4.58. The van der Waals surface area contributed by atoms with Gasteiger partial charge in [-0.3, -0.25) is 28.8 Å². The summed E-state index contributed by atoms with van der Waals surface area (Å²) in [4.78, 5) is 79.9. The van der Waals surface area contributed by atoms with Crippen LogP contribution in [-0.4, -0.2) is 97.2 Å². The Balaban J connectivity index is 1.75. The van der Waals surface area contributed by atoms with Crippen LogP contribution in [0, 0.1) is 24.7 Å². The van der Waals surface area contributed by atoms with Gasteiger partial charge in [-0.05, 0) is 69.1 Å². The van der Waals surface area contributed by atoms with Crippen LogP contribution in [0.3, 0.4) is 0 Å². The summed E-state index contributed by atoms with van der Waals surface area (Å²) in [5, 5.41) is 17.9. The Morgan fingerprint density at radius 2 is 1.45 bits per heavy atom. The predicted molar refractivity (Wildman–Crippen MR) is 203 cm³/mol. The van der Waals surface area contributed by atoms with E-state index in [4.69, 9.17) is 5.73 Å². The summed E-state index contributed by atoms with van der Waals surface area (Å²) < 4.78 is 0.743. The van der Waals surface area contributed by atoms with E-state index in [1.807, 2.05) is 49.4 Å². The normalized spacial score (nSPS) is 16.1. The maximum absolute atomic E-state index is 14.0. The second-order valence-electron chi connectivity index (χ2n) is 15.7. The van der Waals surface area contributed by atoms with Gasteiger partial charge in [0.1, 0.15) is 6.04 Å². The van der Waals surface area contributed by atoms with Crippen LogP contribution in [0.25, 0.3) is 0 Å². The highest BCUT2D eigenvalue weighted by molar-refractivity contribution is 5.99. The number of nitrogens with one attached hydrogen (secondary N) is 3. The van der Waals surface area contributed by atoms with E-state index in [1.165, 1.54) is 0 Å². The molecule has 6 N–H and O–H groups in total. The molecule has 5 atom stereocenters. The van der Waals surface area contributed by atoms with E-state index < -0.39 is 54.3 Å². The van der Waals surface area contributed by atoms with Gasteiger partial charge < -0.3 is 31.3 Å². The zero-order valence-electron chi connectivity index (χ0n) is 32.1. The van der Waals surface area contributed by atoms with Gasteiger partial charge in [0.2, 0.25) is 17.7 Å². The van der Waals surface area contributed by atoms with Crippen molar-refractivity contribution in [3.05, 3.63) is 71.3 Å². The number of ketones is 2. The minimum absolute atomic E-state index is 0.119. The zero-order valence-corrected chi connectivity index (χ0v) is 32.1. The lowest BCUT2D eigenvalue weighted by atomic mass is 9.86. The van der Waals surface area contributed by atoms with E-state index in [0.29, 0.717) is 18.4 Å². The minimum Gasteiger partial charge on any atom is -0.394 e. The molecule has 0 unspecified atom stereocenters. The number of primary amides is 1. The van der Waals surface area contributed by atoms with Gasteiger partial charge in [0.25, 0.3) is 5.91 Å². The highest BCUT2D eigenvalue weighted by Gasteiger charge is 2.36. The standard InChI is InChI=1S/C41H59N5O7/c1-27-18-20-31(21-19-27)40(52)43-33(24-29-13-7-6-8-14-29)35(48)23-28(2)39(51)45-37(30-15-9-10-16-30)36(49)25-32(17-11-12-22-46(3,4)5)41(53)44-34(26-47)38(42)50/h6-8,13-14,18-21,28,30,32-34,37,47H,9-12,15-17,22-26H2,1-5H3,(H4-,42,43,44,45,50,51,52,53)/p+1/t28-,32-,33+,34-,37+/m1/s1. The van der Waals surface area contributed by atoms with Crippen molar-refractivity contribution in [3.8, 4) is 0 Å². The molecule has 2 aromatic rings. The van der Waals surface area contributed by atoms with E-state index >= 15 is 0 Å². The molecule has 1 aliphatic carbocycles. The number of carbonyl (C=O) groups excluding carboxylic acids is 6. The third-order valence-electron chi connectivity index (χ3n) is 10.1. The molecule has 0 bridgehead atoms. The fourth-order valence-corrected chi connectivity index (χ4v) is 6.79. The van der Waals surface area contributed by atoms with Crippen LogP contribution in [0.1, 0.15) is 86.2 Å². The number of quaternary nitrogens is 1. The Morgan fingerprint density at radius 1 is 0.811 bits per heavy atom. The fourth-order valence-electron chi connectivity index (χ4n) is 6.79. The molecule has 290 valence electrons. The number of aryl methyl sites for hydroxylation is 1. The van der Waals surface area contributed by atoms with Crippen LogP contribution in [-0.2, 0) is 30.4 Å². The van der Waals surface area contributed by atoms with Gasteiger partial charge in [-0.25, -0.2) is 0 Å². The Bertz CT molecular complexity index is 1530. The van der Waals surface area contributed by atoms with E-state index in [9.17, 15) is 33.9 Å². The first-order valence-corrected chi connectivity index (χ1v) is 18.9. The van der Waals surface area contributed by atoms with Crippen LogP contribution in [0.5, 0.6) is 0 Å². The van der Waals surface area contributed by atoms with E-state index in [1.54, 1.807) is 19.1 Å². The van der Waals surface area contributed by atoms with Gasteiger partial charge in [0, 0.05) is 30.2 Å². The number of hydrogen-bond donors (Lipinski definition) is 5. The molecule has 0 aliphatic heterocycles. The van der Waals surface area contributed by atoms with E-state index in [-0.39, 0.29) is 42.7 Å². The molecule has 53 heavy (non-hydrogen) atoms. The monoisotopic (exact) mass is 734 g/mol. The molecule has 1 fully saturated rings. The molecule has 0 radical (unpaired) electrons. The number of Topliss-reactive ketones (excluding diaryl/α,β-unsaturated/α-hetero) is 2. The smallest absolute Gasteiger partial charge is 0.251 e. The molecule has 1 saturated carbocycles. The quantitative estimate of drug-likeness (QED) is 0.0910. The second kappa shape index (κ2) is 20.7. The number of unbranched alkanes of at least 4 members (excludes halogenated alkanes) is 1. The molecule has 1 aliphatic rings. The average Bonchev–Trinajstić information content (AvgIpc) is 3.65. The van der Waals surface area contributed by atoms with E-state index in [2.05, 4.69) is 37.1 Å². The first kappa shape index (κ1) is 43.0. The summed E-state index contributed by atoms with van der Waals surface area (Å²) >= 11 is 0. The lowest BCUT2D eigenvalue weighted by molar-refractivity contribution is -0.870. The van der Waals surface area contributed by atoms with Gasteiger partial charge in [-0.2, -0.15) is 0 Å². The van der Waals surface area contributed by atoms with Crippen molar-refractivity contribution in [1.82, 2.24) is 16.0 Å². The number of hydrogen-bond acceptors (Lipinski definition) is 7. The lowest BCUT2D eigenvalue weighted by Crippen LogP contribution is -2.51. The number of nitrogens with zero attached hydrogens (tertiary/aromatic N) is 1. The SMILES string of the molecule is Cc1ccc(C(=O)N[C@@H](Cc2ccccc2)C(=O)C[C@@H](C)C(=O)N[C@H](C(=O)C[C@@H](CCCC[N+](C)(C)C)C(=O)N[C@H](CO)C(N)=O)C2CCCC2)cc1. The molecular formula is C41H60N5O7+. The third kappa shape index (κ3) is 14.5. The van der Waals surface area contributed by atoms with Crippen molar-refractivity contribution in [2.75, 3.05) is 34.3 Å². The predicted octanol–water partition coefficient (Wildman–Crippen LogP) is 3.02. The molecule has 0 saturated heterocycles. The third-order valence-corrected chi connectivity index (χ3v) is 10.1.